The fourth-order valence-electron chi connectivity index (χ4n) is 0. The second-order valence-corrected chi connectivity index (χ2v) is 2.01. The molecule has 0 spiro atoms. The summed E-state index contributed by atoms with van der Waals surface area (Å²) in [6, 6.07) is 0. The van der Waals surface area contributed by atoms with Crippen LogP contribution in [0.1, 0.15) is 13.8 Å². The molecule has 0 amide bonds. The SMILES string of the molecule is CC(=O)[O-].CC(=O)[O-].NCCO.NCCO.[Zn+2]. The Morgan fingerprint density at radius 2 is 1.00 bits per heavy atom. The van der Waals surface area contributed by atoms with E-state index >= 15 is 0 Å². The zero-order valence-electron chi connectivity index (χ0n) is 10.2. The van der Waals surface area contributed by atoms with E-state index < -0.39 is 11.9 Å². The average Bonchev–Trinajstić information content (AvgIpc) is 2.16. The molecule has 0 rings (SSSR count). The predicted octanol–water partition coefficient (Wildman–Crippen LogP) is -4.62. The van der Waals surface area contributed by atoms with Crippen LogP contribution in [0.2, 0.25) is 0 Å². The first-order valence-electron chi connectivity index (χ1n) is 4.27. The van der Waals surface area contributed by atoms with Gasteiger partial charge in [0.15, 0.2) is 0 Å². The zero-order chi connectivity index (χ0) is 14.0. The summed E-state index contributed by atoms with van der Waals surface area (Å²) in [4.78, 5) is 17.8. The summed E-state index contributed by atoms with van der Waals surface area (Å²) >= 11 is 0. The van der Waals surface area contributed by atoms with Crippen molar-refractivity contribution in [3.8, 4) is 0 Å². The van der Waals surface area contributed by atoms with Crippen LogP contribution in [-0.4, -0.2) is 48.5 Å². The molecule has 0 radical (unpaired) electrons. The number of aliphatic carboxylic acids is 2. The Bertz CT molecular complexity index is 120. The molecule has 0 fully saturated rings. The van der Waals surface area contributed by atoms with E-state index in [2.05, 4.69) is 0 Å². The number of carbonyl (C=O) groups excluding carboxylic acids is 2. The van der Waals surface area contributed by atoms with Crippen LogP contribution in [0, 0.1) is 0 Å². The molecule has 0 aliphatic heterocycles. The third-order valence-corrected chi connectivity index (χ3v) is 0.258. The van der Waals surface area contributed by atoms with Crippen LogP contribution in [0.5, 0.6) is 0 Å². The van der Waals surface area contributed by atoms with Crippen molar-refractivity contribution in [1.29, 1.82) is 0 Å². The molecule has 0 aromatic heterocycles. The van der Waals surface area contributed by atoms with Gasteiger partial charge in [-0.05, 0) is 13.8 Å². The van der Waals surface area contributed by atoms with Crippen LogP contribution in [0.3, 0.4) is 0 Å². The molecule has 0 aliphatic carbocycles. The summed E-state index contributed by atoms with van der Waals surface area (Å²) in [5, 5.41) is 33.3. The second kappa shape index (κ2) is 36.1. The van der Waals surface area contributed by atoms with Gasteiger partial charge in [0.05, 0.1) is 13.2 Å². The van der Waals surface area contributed by atoms with E-state index in [0.29, 0.717) is 13.1 Å². The molecule has 0 aromatic carbocycles. The Morgan fingerprint density at radius 3 is 1.00 bits per heavy atom. The van der Waals surface area contributed by atoms with Crippen molar-refractivity contribution < 1.29 is 49.5 Å². The maximum Gasteiger partial charge on any atom is 2.00 e. The Morgan fingerprint density at radius 1 is 0.941 bits per heavy atom. The van der Waals surface area contributed by atoms with Gasteiger partial charge in [-0.15, -0.1) is 0 Å². The van der Waals surface area contributed by atoms with Gasteiger partial charge in [0, 0.05) is 25.0 Å². The summed E-state index contributed by atoms with van der Waals surface area (Å²) in [7, 11) is 0. The molecule has 0 aromatic rings. The van der Waals surface area contributed by atoms with Gasteiger partial charge in [0.1, 0.15) is 0 Å². The van der Waals surface area contributed by atoms with E-state index in [1.165, 1.54) is 0 Å². The van der Waals surface area contributed by atoms with Gasteiger partial charge in [0.25, 0.3) is 0 Å². The Kier molecular flexibility index (Phi) is 63.6. The van der Waals surface area contributed by atoms with E-state index in [1.807, 2.05) is 0 Å². The van der Waals surface area contributed by atoms with E-state index in [9.17, 15) is 0 Å². The normalized spacial score (nSPS) is 6.47. The monoisotopic (exact) mass is 304 g/mol. The number of nitrogens with two attached hydrogens (primary N) is 2. The van der Waals surface area contributed by atoms with Crippen LogP contribution in [0.15, 0.2) is 0 Å². The van der Waals surface area contributed by atoms with E-state index in [4.69, 9.17) is 41.5 Å². The van der Waals surface area contributed by atoms with Crippen LogP contribution in [-0.2, 0) is 29.1 Å². The molecule has 0 saturated carbocycles. The van der Waals surface area contributed by atoms with Crippen molar-refractivity contribution >= 4 is 11.9 Å². The second-order valence-electron chi connectivity index (χ2n) is 2.01. The van der Waals surface area contributed by atoms with Crippen LogP contribution in [0.4, 0.5) is 0 Å². The van der Waals surface area contributed by atoms with Crippen molar-refractivity contribution in [3.05, 3.63) is 0 Å². The molecule has 6 N–H and O–H groups in total. The smallest absolute Gasteiger partial charge is 0.550 e. The Balaban J connectivity index is -0.0000000369. The molecule has 17 heavy (non-hydrogen) atoms. The number of rotatable bonds is 2. The molecule has 0 aliphatic rings. The summed E-state index contributed by atoms with van der Waals surface area (Å²) in [5.74, 6) is -2.17. The predicted molar refractivity (Wildman–Crippen MR) is 53.6 cm³/mol. The minimum Gasteiger partial charge on any atom is -0.550 e. The first-order chi connectivity index (χ1) is 7.29. The molecule has 0 atom stereocenters. The van der Waals surface area contributed by atoms with Crippen molar-refractivity contribution in [2.75, 3.05) is 26.3 Å². The van der Waals surface area contributed by atoms with E-state index in [1.54, 1.807) is 0 Å². The molecule has 0 bridgehead atoms. The topological polar surface area (TPSA) is 173 Å². The number of hydrogen-bond donors (Lipinski definition) is 4. The van der Waals surface area contributed by atoms with Crippen LogP contribution < -0.4 is 21.7 Å². The summed E-state index contributed by atoms with van der Waals surface area (Å²) in [5.41, 5.74) is 9.56. The third-order valence-electron chi connectivity index (χ3n) is 0.258. The van der Waals surface area contributed by atoms with Gasteiger partial charge in [-0.1, -0.05) is 0 Å². The molecular formula is C8H20N2O6Zn. The number of carboxylic acids is 2. The largest absolute Gasteiger partial charge is 2.00 e. The van der Waals surface area contributed by atoms with Gasteiger partial charge in [-0.3, -0.25) is 0 Å². The van der Waals surface area contributed by atoms with E-state index in [-0.39, 0.29) is 32.7 Å². The van der Waals surface area contributed by atoms with E-state index in [0.717, 1.165) is 13.8 Å². The fourth-order valence-corrected chi connectivity index (χ4v) is 0. The average molecular weight is 306 g/mol. The van der Waals surface area contributed by atoms with Crippen molar-refractivity contribution in [1.82, 2.24) is 0 Å². The Labute approximate surface area is 113 Å². The maximum absolute atomic E-state index is 8.89. The number of hydrogen-bond acceptors (Lipinski definition) is 8. The molecule has 0 unspecified atom stereocenters. The minimum absolute atomic E-state index is 0. The van der Waals surface area contributed by atoms with Gasteiger partial charge >= 0.3 is 19.5 Å². The minimum atomic E-state index is -1.08. The quantitative estimate of drug-likeness (QED) is 0.369. The number of aliphatic hydroxyl groups is 2. The number of carboxylic acid groups (broad SMARTS) is 2. The standard InChI is InChI=1S/2C2H7NO.2C2H4O2.Zn/c2*3-1-2-4;2*1-2(3)4;/h2*4H,1-3H2;2*1H3,(H,3,4);/q;;;;+2/p-2. The van der Waals surface area contributed by atoms with Gasteiger partial charge < -0.3 is 41.5 Å². The summed E-state index contributed by atoms with van der Waals surface area (Å²) in [6.45, 7) is 2.89. The zero-order valence-corrected chi connectivity index (χ0v) is 13.2. The maximum atomic E-state index is 8.89. The molecule has 9 heteroatoms. The molecule has 100 valence electrons. The van der Waals surface area contributed by atoms with Gasteiger partial charge in [0.2, 0.25) is 0 Å². The van der Waals surface area contributed by atoms with Crippen molar-refractivity contribution in [2.45, 2.75) is 13.8 Å². The molecule has 0 saturated heterocycles. The molecule has 8 nitrogen and oxygen atoms in total. The summed E-state index contributed by atoms with van der Waals surface area (Å²) in [6.07, 6.45) is 0. The molecular weight excluding hydrogens is 285 g/mol. The van der Waals surface area contributed by atoms with Crippen molar-refractivity contribution in [3.63, 3.8) is 0 Å². The first-order valence-corrected chi connectivity index (χ1v) is 4.27. The summed E-state index contributed by atoms with van der Waals surface area (Å²) < 4.78 is 0. The number of aliphatic hydroxyl groups excluding tert-OH is 2. The third kappa shape index (κ3) is 1410. The Hall–Kier alpha value is -0.597. The number of carbonyl (C=O) groups is 2. The fraction of sp³-hybridized carbons (Fsp3) is 0.750. The van der Waals surface area contributed by atoms with Gasteiger partial charge in [-0.2, -0.15) is 0 Å². The van der Waals surface area contributed by atoms with Gasteiger partial charge in [-0.25, -0.2) is 0 Å². The van der Waals surface area contributed by atoms with Crippen molar-refractivity contribution in [2.24, 2.45) is 11.5 Å². The molecule has 0 heterocycles. The first kappa shape index (κ1) is 29.9. The van der Waals surface area contributed by atoms with Crippen LogP contribution in [0.25, 0.3) is 0 Å². The van der Waals surface area contributed by atoms with Crippen LogP contribution >= 0.6 is 0 Å².